The molecule has 3 nitrogen and oxygen atoms in total. The van der Waals surface area contributed by atoms with Crippen molar-refractivity contribution in [2.24, 2.45) is 11.3 Å². The van der Waals surface area contributed by atoms with Crippen LogP contribution in [0.1, 0.15) is 19.3 Å². The molecule has 1 saturated heterocycles. The fraction of sp³-hybridized carbons (Fsp3) is 0.389. The monoisotopic (exact) mass is 280 g/mol. The topological polar surface area (TPSA) is 41.1 Å². The van der Waals surface area contributed by atoms with Gasteiger partial charge in [0, 0.05) is 11.6 Å². The molecule has 4 rings (SSSR count). The number of amides is 1. The fourth-order valence-electron chi connectivity index (χ4n) is 3.69. The second-order valence-corrected chi connectivity index (χ2v) is 6.42. The van der Waals surface area contributed by atoms with Gasteiger partial charge in [0.25, 0.3) is 0 Å². The third-order valence-corrected chi connectivity index (χ3v) is 5.12. The van der Waals surface area contributed by atoms with Crippen molar-refractivity contribution in [1.82, 2.24) is 5.32 Å². The Morgan fingerprint density at radius 2 is 1.86 bits per heavy atom. The molecule has 108 valence electrons. The highest BCUT2D eigenvalue weighted by Crippen LogP contribution is 2.58. The second kappa shape index (κ2) is 4.85. The van der Waals surface area contributed by atoms with Gasteiger partial charge in [-0.05, 0) is 60.7 Å². The predicted octanol–water partition coefficient (Wildman–Crippen LogP) is 3.17. The Hall–Kier alpha value is -1.87. The summed E-state index contributed by atoms with van der Waals surface area (Å²) in [5.74, 6) is 0.415. The van der Waals surface area contributed by atoms with Crippen LogP contribution in [0.5, 0.6) is 0 Å². The fourth-order valence-corrected chi connectivity index (χ4v) is 3.69. The van der Waals surface area contributed by atoms with Crippen molar-refractivity contribution >= 4 is 22.4 Å². The molecule has 0 radical (unpaired) electrons. The van der Waals surface area contributed by atoms with Crippen LogP contribution in [0.15, 0.2) is 42.5 Å². The van der Waals surface area contributed by atoms with Crippen molar-refractivity contribution in [3.8, 4) is 0 Å². The third kappa shape index (κ3) is 2.32. The second-order valence-electron chi connectivity index (χ2n) is 6.42. The van der Waals surface area contributed by atoms with E-state index in [0.717, 1.165) is 38.0 Å². The van der Waals surface area contributed by atoms with E-state index in [-0.39, 0.29) is 11.8 Å². The number of piperidine rings is 1. The van der Waals surface area contributed by atoms with E-state index in [1.165, 1.54) is 10.8 Å². The quantitative estimate of drug-likeness (QED) is 0.887. The molecule has 2 fully saturated rings. The molecule has 1 saturated carbocycles. The number of fused-ring (bicyclic) bond motifs is 1. The van der Waals surface area contributed by atoms with Crippen LogP contribution in [0, 0.1) is 11.3 Å². The van der Waals surface area contributed by atoms with Crippen LogP contribution in [-0.4, -0.2) is 19.0 Å². The highest BCUT2D eigenvalue weighted by molar-refractivity contribution is 5.97. The van der Waals surface area contributed by atoms with E-state index in [1.807, 2.05) is 18.2 Å². The highest BCUT2D eigenvalue weighted by atomic mass is 16.2. The van der Waals surface area contributed by atoms with Gasteiger partial charge in [0.2, 0.25) is 5.91 Å². The van der Waals surface area contributed by atoms with Crippen LogP contribution >= 0.6 is 0 Å². The van der Waals surface area contributed by atoms with Crippen LogP contribution in [0.2, 0.25) is 0 Å². The average Bonchev–Trinajstić information content (AvgIpc) is 3.21. The van der Waals surface area contributed by atoms with Gasteiger partial charge in [-0.1, -0.05) is 30.3 Å². The number of anilines is 1. The minimum absolute atomic E-state index is 0.201. The number of nitrogens with one attached hydrogen (secondary N) is 2. The summed E-state index contributed by atoms with van der Waals surface area (Å²) in [5.41, 5.74) is 1.21. The smallest absolute Gasteiger partial charge is 0.228 e. The van der Waals surface area contributed by atoms with Crippen molar-refractivity contribution in [2.45, 2.75) is 19.3 Å². The molecule has 2 N–H and O–H groups in total. The number of hydrogen-bond donors (Lipinski definition) is 2. The first kappa shape index (κ1) is 12.8. The molecule has 1 unspecified atom stereocenters. The van der Waals surface area contributed by atoms with Gasteiger partial charge in [0.15, 0.2) is 0 Å². The summed E-state index contributed by atoms with van der Waals surface area (Å²) in [7, 11) is 0. The molecule has 3 heteroatoms. The Balaban J connectivity index is 1.49. The Bertz CT molecular complexity index is 688. The average molecular weight is 280 g/mol. The maximum absolute atomic E-state index is 12.5. The van der Waals surface area contributed by atoms with Gasteiger partial charge in [0.05, 0.1) is 0 Å². The number of carbonyl (C=O) groups is 1. The van der Waals surface area contributed by atoms with E-state index in [1.54, 1.807) is 0 Å². The van der Waals surface area contributed by atoms with Crippen LogP contribution in [0.3, 0.4) is 0 Å². The van der Waals surface area contributed by atoms with Crippen LogP contribution in [0.25, 0.3) is 10.8 Å². The van der Waals surface area contributed by atoms with Crippen molar-refractivity contribution in [2.75, 3.05) is 18.4 Å². The van der Waals surface area contributed by atoms with E-state index in [0.29, 0.717) is 5.41 Å². The normalized spacial score (nSPS) is 23.1. The zero-order chi connectivity index (χ0) is 14.3. The van der Waals surface area contributed by atoms with Gasteiger partial charge in [-0.2, -0.15) is 0 Å². The molecule has 1 heterocycles. The molecular weight excluding hydrogens is 260 g/mol. The summed E-state index contributed by atoms with van der Waals surface area (Å²) in [6, 6.07) is 14.4. The third-order valence-electron chi connectivity index (χ3n) is 5.12. The Kier molecular flexibility index (Phi) is 2.96. The number of benzene rings is 2. The van der Waals surface area contributed by atoms with E-state index >= 15 is 0 Å². The van der Waals surface area contributed by atoms with Gasteiger partial charge in [-0.25, -0.2) is 0 Å². The Morgan fingerprint density at radius 3 is 2.67 bits per heavy atom. The van der Waals surface area contributed by atoms with E-state index in [4.69, 9.17) is 0 Å². The summed E-state index contributed by atoms with van der Waals surface area (Å²) in [6.45, 7) is 2.11. The van der Waals surface area contributed by atoms with Crippen molar-refractivity contribution < 1.29 is 4.79 Å². The molecule has 1 atom stereocenters. The molecule has 0 aromatic heterocycles. The highest BCUT2D eigenvalue weighted by Gasteiger charge is 2.57. The number of carbonyl (C=O) groups excluding carboxylic acids is 1. The number of hydrogen-bond acceptors (Lipinski definition) is 2. The summed E-state index contributed by atoms with van der Waals surface area (Å²) < 4.78 is 0. The minimum Gasteiger partial charge on any atom is -0.326 e. The number of rotatable bonds is 2. The summed E-state index contributed by atoms with van der Waals surface area (Å²) in [4.78, 5) is 12.5. The summed E-state index contributed by atoms with van der Waals surface area (Å²) >= 11 is 0. The van der Waals surface area contributed by atoms with Gasteiger partial charge < -0.3 is 10.6 Å². The Morgan fingerprint density at radius 1 is 1.10 bits per heavy atom. The maximum Gasteiger partial charge on any atom is 0.228 e. The first-order valence-electron chi connectivity index (χ1n) is 7.77. The molecule has 1 spiro atoms. The van der Waals surface area contributed by atoms with E-state index in [2.05, 4.69) is 34.9 Å². The molecule has 2 aliphatic rings. The summed E-state index contributed by atoms with van der Waals surface area (Å²) in [5, 5.41) is 8.86. The molecule has 2 aromatic carbocycles. The Labute approximate surface area is 124 Å². The van der Waals surface area contributed by atoms with Crippen LogP contribution < -0.4 is 10.6 Å². The van der Waals surface area contributed by atoms with Gasteiger partial charge in [-0.15, -0.1) is 0 Å². The molecule has 2 aromatic rings. The van der Waals surface area contributed by atoms with E-state index in [9.17, 15) is 4.79 Å². The van der Waals surface area contributed by atoms with Gasteiger partial charge in [-0.3, -0.25) is 4.79 Å². The zero-order valence-electron chi connectivity index (χ0n) is 12.1. The molecule has 21 heavy (non-hydrogen) atoms. The molecule has 1 aliphatic heterocycles. The van der Waals surface area contributed by atoms with Crippen LogP contribution in [-0.2, 0) is 4.79 Å². The molecule has 1 aliphatic carbocycles. The van der Waals surface area contributed by atoms with Gasteiger partial charge >= 0.3 is 0 Å². The first-order chi connectivity index (χ1) is 10.3. The standard InChI is InChI=1S/C18H20N2O/c21-17(16-12-18(16)7-9-19-10-8-18)20-15-6-5-13-3-1-2-4-14(13)11-15/h1-6,11,16,19H,7-10,12H2,(H,20,21). The molecule has 0 bridgehead atoms. The lowest BCUT2D eigenvalue weighted by Gasteiger charge is -2.23. The van der Waals surface area contributed by atoms with Crippen molar-refractivity contribution in [3.63, 3.8) is 0 Å². The first-order valence-corrected chi connectivity index (χ1v) is 7.77. The summed E-state index contributed by atoms with van der Waals surface area (Å²) in [6.07, 6.45) is 3.35. The minimum atomic E-state index is 0.201. The maximum atomic E-state index is 12.5. The van der Waals surface area contributed by atoms with Gasteiger partial charge in [0.1, 0.15) is 0 Å². The SMILES string of the molecule is O=C(Nc1ccc2ccccc2c1)C1CC12CCNCC2. The van der Waals surface area contributed by atoms with E-state index < -0.39 is 0 Å². The lowest BCUT2D eigenvalue weighted by Crippen LogP contribution is -2.31. The molecular formula is C18H20N2O. The lowest BCUT2D eigenvalue weighted by molar-refractivity contribution is -0.118. The lowest BCUT2D eigenvalue weighted by atomic mass is 9.92. The largest absolute Gasteiger partial charge is 0.326 e. The van der Waals surface area contributed by atoms with Crippen molar-refractivity contribution in [1.29, 1.82) is 0 Å². The zero-order valence-corrected chi connectivity index (χ0v) is 12.1. The van der Waals surface area contributed by atoms with Crippen LogP contribution in [0.4, 0.5) is 5.69 Å². The predicted molar refractivity (Wildman–Crippen MR) is 85.2 cm³/mol. The molecule has 1 amide bonds. The van der Waals surface area contributed by atoms with Crippen molar-refractivity contribution in [3.05, 3.63) is 42.5 Å².